The molecule has 0 radical (unpaired) electrons. The molecule has 2 N–H and O–H groups in total. The van der Waals surface area contributed by atoms with Gasteiger partial charge in [0, 0.05) is 30.4 Å². The second-order valence-electron chi connectivity index (χ2n) is 6.33. The quantitative estimate of drug-likeness (QED) is 0.855. The van der Waals surface area contributed by atoms with Gasteiger partial charge in [-0.15, -0.1) is 12.4 Å². The van der Waals surface area contributed by atoms with Gasteiger partial charge in [0.25, 0.3) is 10.0 Å². The maximum atomic E-state index is 12.9. The van der Waals surface area contributed by atoms with Gasteiger partial charge in [0.05, 0.1) is 0 Å². The number of nitrogens with one attached hydrogen (secondary N) is 2. The minimum Gasteiger partial charge on any atom is -0.442 e. The fourth-order valence-electron chi connectivity index (χ4n) is 3.53. The fraction of sp³-hybridized carbons (Fsp3) is 0.533. The molecule has 2 aliphatic heterocycles. The first-order valence-corrected chi connectivity index (χ1v) is 9.27. The van der Waals surface area contributed by atoms with Crippen LogP contribution in [0.15, 0.2) is 21.6 Å². The lowest BCUT2D eigenvalue weighted by Gasteiger charge is -2.21. The summed E-state index contributed by atoms with van der Waals surface area (Å²) in [4.78, 5) is 0. The van der Waals surface area contributed by atoms with Crippen LogP contribution < -0.4 is 5.32 Å². The molecule has 2 aromatic heterocycles. The Balaban J connectivity index is 0.00000169. The third-order valence-electron chi connectivity index (χ3n) is 5.03. The molecule has 0 spiro atoms. The monoisotopic (exact) mass is 372 g/mol. The van der Waals surface area contributed by atoms with Crippen LogP contribution in [0.3, 0.4) is 0 Å². The Labute approximate surface area is 147 Å². The Morgan fingerprint density at radius 3 is 2.79 bits per heavy atom. The minimum atomic E-state index is -3.60. The topological polar surface area (TPSA) is 91.2 Å². The number of sulfonamides is 1. The number of aryl methyl sites for hydroxylation is 1. The van der Waals surface area contributed by atoms with Gasteiger partial charge in [0.2, 0.25) is 5.09 Å². The van der Waals surface area contributed by atoms with Gasteiger partial charge in [-0.3, -0.25) is 5.10 Å². The van der Waals surface area contributed by atoms with Crippen molar-refractivity contribution in [2.45, 2.75) is 31.4 Å². The van der Waals surface area contributed by atoms with Gasteiger partial charge >= 0.3 is 0 Å². The molecule has 24 heavy (non-hydrogen) atoms. The summed E-state index contributed by atoms with van der Waals surface area (Å²) < 4.78 is 33.0. The Kier molecular flexibility index (Phi) is 4.50. The summed E-state index contributed by atoms with van der Waals surface area (Å²) in [6.07, 6.45) is 0.905. The molecule has 2 atom stereocenters. The van der Waals surface area contributed by atoms with Crippen LogP contribution in [0.25, 0.3) is 11.5 Å². The lowest BCUT2D eigenvalue weighted by atomic mass is 10.1. The molecule has 0 amide bonds. The highest BCUT2D eigenvalue weighted by Gasteiger charge is 2.44. The predicted molar refractivity (Wildman–Crippen MR) is 91.7 cm³/mol. The summed E-state index contributed by atoms with van der Waals surface area (Å²) in [5.74, 6) is 0.890. The fourth-order valence-corrected chi connectivity index (χ4v) is 5.15. The van der Waals surface area contributed by atoms with Gasteiger partial charge in [0.15, 0.2) is 5.76 Å². The zero-order valence-corrected chi connectivity index (χ0v) is 15.2. The maximum absolute atomic E-state index is 12.9. The number of nitrogens with zero attached hydrogens (tertiary/aromatic N) is 2. The Bertz CT molecular complexity index is 845. The van der Waals surface area contributed by atoms with Crippen molar-refractivity contribution in [1.29, 1.82) is 0 Å². The minimum absolute atomic E-state index is 0. The molecule has 0 saturated carbocycles. The van der Waals surface area contributed by atoms with Crippen LogP contribution in [0.1, 0.15) is 17.7 Å². The molecule has 0 aliphatic carbocycles. The molecule has 9 heteroatoms. The normalized spacial score (nSPS) is 24.1. The zero-order valence-electron chi connectivity index (χ0n) is 13.6. The van der Waals surface area contributed by atoms with E-state index in [0.717, 1.165) is 30.8 Å². The van der Waals surface area contributed by atoms with E-state index in [1.807, 2.05) is 13.8 Å². The molecule has 4 heterocycles. The number of H-pyrrole nitrogens is 1. The van der Waals surface area contributed by atoms with Gasteiger partial charge in [-0.25, -0.2) is 8.42 Å². The lowest BCUT2D eigenvalue weighted by Crippen LogP contribution is -2.38. The van der Waals surface area contributed by atoms with Crippen molar-refractivity contribution in [2.75, 3.05) is 19.6 Å². The van der Waals surface area contributed by atoms with Crippen LogP contribution >= 0.6 is 12.4 Å². The summed E-state index contributed by atoms with van der Waals surface area (Å²) in [6.45, 7) is 6.03. The molecule has 4 rings (SSSR count). The van der Waals surface area contributed by atoms with Crippen LogP contribution in [-0.4, -0.2) is 48.6 Å². The largest absolute Gasteiger partial charge is 0.442 e. The zero-order chi connectivity index (χ0) is 16.2. The van der Waals surface area contributed by atoms with E-state index in [-0.39, 0.29) is 23.5 Å². The van der Waals surface area contributed by atoms with Crippen LogP contribution in [0.5, 0.6) is 0 Å². The van der Waals surface area contributed by atoms with E-state index in [1.54, 1.807) is 10.4 Å². The number of hydrogen-bond donors (Lipinski definition) is 2. The molecule has 0 unspecified atom stereocenters. The molecular weight excluding hydrogens is 352 g/mol. The highest BCUT2D eigenvalue weighted by Crippen LogP contribution is 2.34. The maximum Gasteiger partial charge on any atom is 0.276 e. The number of fused-ring (bicyclic) bond motifs is 1. The molecule has 7 nitrogen and oxygen atoms in total. The summed E-state index contributed by atoms with van der Waals surface area (Å²) >= 11 is 0. The van der Waals surface area contributed by atoms with E-state index < -0.39 is 10.0 Å². The number of hydrogen-bond acceptors (Lipinski definition) is 5. The third-order valence-corrected chi connectivity index (χ3v) is 6.82. The second kappa shape index (κ2) is 6.18. The van der Waals surface area contributed by atoms with Crippen molar-refractivity contribution in [1.82, 2.24) is 19.8 Å². The van der Waals surface area contributed by atoms with E-state index in [0.29, 0.717) is 23.9 Å². The van der Waals surface area contributed by atoms with Crippen LogP contribution in [0, 0.1) is 19.8 Å². The van der Waals surface area contributed by atoms with Crippen molar-refractivity contribution in [3.63, 3.8) is 0 Å². The van der Waals surface area contributed by atoms with Crippen molar-refractivity contribution in [3.8, 4) is 11.5 Å². The first kappa shape index (κ1) is 17.5. The number of furan rings is 1. The van der Waals surface area contributed by atoms with E-state index in [1.165, 1.54) is 6.07 Å². The second-order valence-corrected chi connectivity index (χ2v) is 8.15. The van der Waals surface area contributed by atoms with Gasteiger partial charge in [-0.05, 0) is 44.9 Å². The van der Waals surface area contributed by atoms with E-state index in [2.05, 4.69) is 15.5 Å². The number of halogens is 1. The van der Waals surface area contributed by atoms with Crippen molar-refractivity contribution >= 4 is 22.4 Å². The molecule has 2 aromatic rings. The smallest absolute Gasteiger partial charge is 0.276 e. The predicted octanol–water partition coefficient (Wildman–Crippen LogP) is 1.69. The molecule has 2 aliphatic rings. The first-order valence-electron chi connectivity index (χ1n) is 7.83. The Hall–Kier alpha value is -1.35. The van der Waals surface area contributed by atoms with Crippen LogP contribution in [0.2, 0.25) is 0 Å². The molecule has 132 valence electrons. The third kappa shape index (κ3) is 2.57. The molecule has 0 aromatic carbocycles. The van der Waals surface area contributed by atoms with Gasteiger partial charge in [-0.1, -0.05) is 0 Å². The molecule has 2 fully saturated rings. The number of aromatic amines is 1. The summed E-state index contributed by atoms with van der Waals surface area (Å²) in [5, 5.41) is 10.4. The molecular formula is C15H21ClN4O3S. The highest BCUT2D eigenvalue weighted by atomic mass is 35.5. The van der Waals surface area contributed by atoms with E-state index in [9.17, 15) is 8.42 Å². The summed E-state index contributed by atoms with van der Waals surface area (Å²) in [5.41, 5.74) is 2.57. The Morgan fingerprint density at radius 2 is 2.08 bits per heavy atom. The van der Waals surface area contributed by atoms with Crippen LogP contribution in [-0.2, 0) is 10.0 Å². The average molecular weight is 373 g/mol. The summed E-state index contributed by atoms with van der Waals surface area (Å²) in [6, 6.07) is 3.25. The SMILES string of the molecule is Cc1[nH]nc(-c2ccc(S(=O)(=O)N3CC[C@H]4CNC[C@H]43)o2)c1C.Cl. The van der Waals surface area contributed by atoms with E-state index in [4.69, 9.17) is 4.42 Å². The highest BCUT2D eigenvalue weighted by molar-refractivity contribution is 7.89. The molecule has 2 saturated heterocycles. The van der Waals surface area contributed by atoms with E-state index >= 15 is 0 Å². The molecule has 0 bridgehead atoms. The van der Waals surface area contributed by atoms with Crippen molar-refractivity contribution in [3.05, 3.63) is 23.4 Å². The van der Waals surface area contributed by atoms with Crippen LogP contribution in [0.4, 0.5) is 0 Å². The van der Waals surface area contributed by atoms with Gasteiger partial charge in [0.1, 0.15) is 5.69 Å². The first-order chi connectivity index (χ1) is 11.0. The summed E-state index contributed by atoms with van der Waals surface area (Å²) in [7, 11) is -3.60. The standard InChI is InChI=1S/C15H20N4O3S.ClH/c1-9-10(2)17-18-15(9)13-3-4-14(22-13)23(20,21)19-6-5-11-7-16-8-12(11)19;/h3-4,11-12,16H,5-8H2,1-2H3,(H,17,18);1H/t11-,12+;/m0./s1. The van der Waals surface area contributed by atoms with Gasteiger partial charge in [-0.2, -0.15) is 9.40 Å². The lowest BCUT2D eigenvalue weighted by molar-refractivity contribution is 0.362. The van der Waals surface area contributed by atoms with Crippen molar-refractivity contribution < 1.29 is 12.8 Å². The number of aromatic nitrogens is 2. The Morgan fingerprint density at radius 1 is 1.29 bits per heavy atom. The van der Waals surface area contributed by atoms with Gasteiger partial charge < -0.3 is 9.73 Å². The number of rotatable bonds is 3. The average Bonchev–Trinajstić information content (AvgIpc) is 3.24. The van der Waals surface area contributed by atoms with Crippen molar-refractivity contribution in [2.24, 2.45) is 5.92 Å².